The van der Waals surface area contributed by atoms with E-state index >= 15 is 0 Å². The number of fused-ring (bicyclic) bond motifs is 13. The van der Waals surface area contributed by atoms with E-state index in [2.05, 4.69) is 151 Å². The largest absolute Gasteiger partial charge is 0.289 e. The normalized spacial score (nSPS) is 14.0. The van der Waals surface area contributed by atoms with Gasteiger partial charge in [-0.05, 0) is 62.2 Å². The van der Waals surface area contributed by atoms with Crippen molar-refractivity contribution in [2.45, 2.75) is 5.41 Å². The van der Waals surface area contributed by atoms with Gasteiger partial charge in [-0.25, -0.2) is 0 Å². The molecule has 7 aromatic rings. The van der Waals surface area contributed by atoms with Crippen LogP contribution >= 0.6 is 47.8 Å². The molecule has 11 rings (SSSR count). The van der Waals surface area contributed by atoms with Crippen LogP contribution in [0.2, 0.25) is 0 Å². The first-order chi connectivity index (χ1) is 26.5. The van der Waals surface area contributed by atoms with Gasteiger partial charge >= 0.3 is 0 Å². The zero-order valence-electron chi connectivity index (χ0n) is 28.9. The Hall–Kier alpha value is -5.22. The van der Waals surface area contributed by atoms with Crippen molar-refractivity contribution in [1.29, 1.82) is 0 Å². The first-order valence-corrected chi connectivity index (χ1v) is 20.1. The molecule has 4 heteroatoms. The van der Waals surface area contributed by atoms with E-state index in [4.69, 9.17) is 0 Å². The van der Waals surface area contributed by atoms with Gasteiger partial charge in [-0.1, -0.05) is 184 Å². The van der Waals surface area contributed by atoms with Crippen LogP contribution in [0.4, 0.5) is 0 Å². The van der Waals surface area contributed by atoms with Crippen LogP contribution in [0.15, 0.2) is 195 Å². The molecule has 0 atom stereocenters. The van der Waals surface area contributed by atoms with E-state index in [1.807, 2.05) is 85.0 Å². The lowest BCUT2D eigenvalue weighted by Crippen LogP contribution is -2.25. The SMILES string of the molecule is BrC1=C(c2ccccc2Br)C=C[C+]=C1.Brc1cccc2c1-c1ccccc1C21c2ccccc2-c2ccccc21.O=C1c2ccccc2-c2ccccc21. The van der Waals surface area contributed by atoms with Crippen LogP contribution in [0.5, 0.6) is 0 Å². The Morgan fingerprint density at radius 1 is 0.407 bits per heavy atom. The fourth-order valence-corrected chi connectivity index (χ4v) is 9.94. The van der Waals surface area contributed by atoms with Crippen LogP contribution in [-0.4, -0.2) is 5.78 Å². The van der Waals surface area contributed by atoms with Gasteiger partial charge in [0.1, 0.15) is 22.2 Å². The molecule has 0 aliphatic heterocycles. The van der Waals surface area contributed by atoms with Crippen molar-refractivity contribution in [3.63, 3.8) is 0 Å². The minimum atomic E-state index is -0.219. The molecule has 4 aliphatic rings. The van der Waals surface area contributed by atoms with Crippen LogP contribution in [0.25, 0.3) is 39.0 Å². The van der Waals surface area contributed by atoms with Gasteiger partial charge in [0.15, 0.2) is 5.78 Å². The third kappa shape index (κ3) is 5.48. The first kappa shape index (κ1) is 34.5. The number of carbonyl (C=O) groups is 1. The highest BCUT2D eigenvalue weighted by atomic mass is 79.9. The summed E-state index contributed by atoms with van der Waals surface area (Å²) in [5, 5.41) is 0. The molecule has 7 aromatic carbocycles. The lowest BCUT2D eigenvalue weighted by atomic mass is 9.70. The van der Waals surface area contributed by atoms with E-state index in [1.165, 1.54) is 60.1 Å². The summed E-state index contributed by atoms with van der Waals surface area (Å²) in [6.45, 7) is 0. The number of ketones is 1. The average molecular weight is 887 g/mol. The van der Waals surface area contributed by atoms with E-state index in [0.29, 0.717) is 0 Å². The standard InChI is InChI=1S/C25H15Br.C13H8O.C12H7Br2/c26-23-15-7-14-22-24(23)18-10-3-6-13-21(18)25(22)19-11-4-1-8-16(19)17-9-2-5-12-20(17)25;14-13-11-7-3-1-5-9(11)10-6-2-4-8-12(10)13;13-11-7-3-1-5-9(11)10-6-2-4-8-12(10)14/h1-15H;1-8H;1-3,5-8H/q;;+1. The second kappa shape index (κ2) is 14.2. The maximum absolute atomic E-state index is 11.9. The Kier molecular flexibility index (Phi) is 9.09. The third-order valence-electron chi connectivity index (χ3n) is 10.6. The Morgan fingerprint density at radius 3 is 1.39 bits per heavy atom. The lowest BCUT2D eigenvalue weighted by molar-refractivity contribution is 0.104. The molecule has 0 N–H and O–H groups in total. The Balaban J connectivity index is 0.000000117. The molecule has 0 saturated carbocycles. The Morgan fingerprint density at radius 2 is 0.833 bits per heavy atom. The zero-order valence-corrected chi connectivity index (χ0v) is 33.6. The zero-order chi connectivity index (χ0) is 36.8. The second-order valence-electron chi connectivity index (χ2n) is 13.4. The van der Waals surface area contributed by atoms with Crippen LogP contribution in [-0.2, 0) is 5.41 Å². The van der Waals surface area contributed by atoms with Crippen molar-refractivity contribution in [1.82, 2.24) is 0 Å². The van der Waals surface area contributed by atoms with Crippen LogP contribution < -0.4 is 0 Å². The van der Waals surface area contributed by atoms with Crippen LogP contribution in [0, 0.1) is 6.08 Å². The number of carbonyl (C=O) groups excluding carboxylic acids is 1. The van der Waals surface area contributed by atoms with E-state index in [1.54, 1.807) is 0 Å². The number of hydrogen-bond donors (Lipinski definition) is 0. The van der Waals surface area contributed by atoms with Crippen molar-refractivity contribution in [2.75, 3.05) is 0 Å². The number of allylic oxidation sites excluding steroid dienone is 6. The summed E-state index contributed by atoms with van der Waals surface area (Å²) in [4.78, 5) is 11.9. The fourth-order valence-electron chi connectivity index (χ4n) is 8.38. The minimum absolute atomic E-state index is 0.149. The molecule has 0 fully saturated rings. The van der Waals surface area contributed by atoms with Crippen molar-refractivity contribution < 1.29 is 4.79 Å². The maximum atomic E-state index is 11.9. The summed E-state index contributed by atoms with van der Waals surface area (Å²) >= 11 is 10.9. The summed E-state index contributed by atoms with van der Waals surface area (Å²) in [5.41, 5.74) is 16.9. The van der Waals surface area contributed by atoms with Crippen molar-refractivity contribution in [3.05, 3.63) is 240 Å². The molecule has 1 spiro atoms. The molecule has 0 bridgehead atoms. The predicted octanol–water partition coefficient (Wildman–Crippen LogP) is 14.2. The van der Waals surface area contributed by atoms with Gasteiger partial charge in [0.25, 0.3) is 0 Å². The number of hydrogen-bond acceptors (Lipinski definition) is 1. The highest BCUT2D eigenvalue weighted by molar-refractivity contribution is 9.12. The van der Waals surface area contributed by atoms with Crippen molar-refractivity contribution >= 4 is 59.1 Å². The van der Waals surface area contributed by atoms with Gasteiger partial charge in [-0.15, -0.1) is 0 Å². The second-order valence-corrected chi connectivity index (χ2v) is 15.9. The molecule has 1 nitrogen and oxygen atoms in total. The summed E-state index contributed by atoms with van der Waals surface area (Å²) in [6, 6.07) is 57.0. The van der Waals surface area contributed by atoms with Gasteiger partial charge in [0, 0.05) is 53.2 Å². The molecule has 256 valence electrons. The molecule has 0 aromatic heterocycles. The van der Waals surface area contributed by atoms with Gasteiger partial charge in [0.2, 0.25) is 0 Å². The first-order valence-electron chi connectivity index (χ1n) is 17.7. The van der Waals surface area contributed by atoms with Crippen molar-refractivity contribution in [2.24, 2.45) is 0 Å². The van der Waals surface area contributed by atoms with Crippen LogP contribution in [0.1, 0.15) is 43.7 Å². The van der Waals surface area contributed by atoms with Crippen LogP contribution in [0.3, 0.4) is 0 Å². The van der Waals surface area contributed by atoms with Gasteiger partial charge in [-0.3, -0.25) is 4.79 Å². The smallest absolute Gasteiger partial charge is 0.194 e. The highest BCUT2D eigenvalue weighted by Gasteiger charge is 2.51. The topological polar surface area (TPSA) is 17.1 Å². The summed E-state index contributed by atoms with van der Waals surface area (Å²) in [5.74, 6) is 0.149. The van der Waals surface area contributed by atoms with E-state index in [-0.39, 0.29) is 11.2 Å². The Labute approximate surface area is 340 Å². The maximum Gasteiger partial charge on any atom is 0.194 e. The summed E-state index contributed by atoms with van der Waals surface area (Å²) in [7, 11) is 0. The van der Waals surface area contributed by atoms with Gasteiger partial charge < -0.3 is 0 Å². The fraction of sp³-hybridized carbons (Fsp3) is 0.0200. The van der Waals surface area contributed by atoms with Gasteiger partial charge in [0.05, 0.1) is 11.5 Å². The molecule has 0 radical (unpaired) electrons. The van der Waals surface area contributed by atoms with E-state index < -0.39 is 0 Å². The quantitative estimate of drug-likeness (QED) is 0.150. The average Bonchev–Trinajstić information content (AvgIpc) is 3.81. The third-order valence-corrected chi connectivity index (χ3v) is 12.6. The Bertz CT molecular complexity index is 2640. The predicted molar refractivity (Wildman–Crippen MR) is 233 cm³/mol. The molecule has 4 aliphatic carbocycles. The van der Waals surface area contributed by atoms with E-state index in [0.717, 1.165) is 31.2 Å². The number of benzene rings is 7. The number of rotatable bonds is 1. The number of halogens is 3. The summed E-state index contributed by atoms with van der Waals surface area (Å²) < 4.78 is 3.33. The molecule has 0 amide bonds. The minimum Gasteiger partial charge on any atom is -0.289 e. The monoisotopic (exact) mass is 883 g/mol. The molecular formula is C50H30Br3O+. The highest BCUT2D eigenvalue weighted by Crippen LogP contribution is 2.63. The molecule has 0 heterocycles. The molecule has 54 heavy (non-hydrogen) atoms. The molecule has 0 saturated heterocycles. The van der Waals surface area contributed by atoms with E-state index in [9.17, 15) is 4.79 Å². The van der Waals surface area contributed by atoms with Gasteiger partial charge in [-0.2, -0.15) is 0 Å². The van der Waals surface area contributed by atoms with Crippen molar-refractivity contribution in [3.8, 4) is 33.4 Å². The molecular weight excluding hydrogens is 856 g/mol. The molecule has 0 unspecified atom stereocenters. The lowest BCUT2D eigenvalue weighted by Gasteiger charge is -2.30. The summed E-state index contributed by atoms with van der Waals surface area (Å²) in [6.07, 6.45) is 8.92.